The highest BCUT2D eigenvalue weighted by molar-refractivity contribution is 7.93. The largest absolute Gasteiger partial charge is 0.390 e. The standard InChI is InChI=1S/C7H13ClO3S/c1-7(8,12(2,10)11)6(9)5-3-4-5/h5-6,9H,3-4H2,1-2H3. The smallest absolute Gasteiger partial charge is 0.169 e. The van der Waals surface area contributed by atoms with Gasteiger partial charge in [-0.05, 0) is 25.7 Å². The summed E-state index contributed by atoms with van der Waals surface area (Å²) < 4.78 is 20.7. The highest BCUT2D eigenvalue weighted by Crippen LogP contribution is 2.41. The van der Waals surface area contributed by atoms with Crippen molar-refractivity contribution in [1.29, 1.82) is 0 Å². The van der Waals surface area contributed by atoms with Crippen LogP contribution in [0, 0.1) is 5.92 Å². The Bertz CT molecular complexity index is 266. The van der Waals surface area contributed by atoms with Gasteiger partial charge in [0.25, 0.3) is 0 Å². The van der Waals surface area contributed by atoms with Crippen LogP contribution < -0.4 is 0 Å². The molecule has 0 saturated heterocycles. The molecular formula is C7H13ClO3S. The number of hydrogen-bond acceptors (Lipinski definition) is 3. The molecule has 0 aromatic carbocycles. The van der Waals surface area contributed by atoms with Crippen molar-refractivity contribution in [3.63, 3.8) is 0 Å². The van der Waals surface area contributed by atoms with E-state index in [0.717, 1.165) is 19.1 Å². The molecule has 1 N–H and O–H groups in total. The molecule has 2 atom stereocenters. The van der Waals surface area contributed by atoms with Crippen molar-refractivity contribution in [2.45, 2.75) is 30.1 Å². The Hall–Kier alpha value is 0.200. The first-order valence-corrected chi connectivity index (χ1v) is 6.10. The number of sulfone groups is 1. The summed E-state index contributed by atoms with van der Waals surface area (Å²) in [7, 11) is -3.39. The zero-order valence-corrected chi connectivity index (χ0v) is 8.69. The number of hydrogen-bond donors (Lipinski definition) is 1. The molecule has 2 unspecified atom stereocenters. The summed E-state index contributed by atoms with van der Waals surface area (Å²) in [5, 5.41) is 9.54. The van der Waals surface area contributed by atoms with E-state index in [1.165, 1.54) is 6.92 Å². The summed E-state index contributed by atoms with van der Waals surface area (Å²) >= 11 is 5.76. The van der Waals surface area contributed by atoms with E-state index in [4.69, 9.17) is 11.6 Å². The maximum Gasteiger partial charge on any atom is 0.169 e. The summed E-state index contributed by atoms with van der Waals surface area (Å²) in [6.45, 7) is 1.35. The van der Waals surface area contributed by atoms with Crippen molar-refractivity contribution in [2.24, 2.45) is 5.92 Å². The van der Waals surface area contributed by atoms with Gasteiger partial charge in [0.05, 0.1) is 6.10 Å². The van der Waals surface area contributed by atoms with Gasteiger partial charge in [-0.2, -0.15) is 0 Å². The van der Waals surface area contributed by atoms with Crippen molar-refractivity contribution in [1.82, 2.24) is 0 Å². The molecule has 0 aromatic heterocycles. The Morgan fingerprint density at radius 2 is 2.00 bits per heavy atom. The van der Waals surface area contributed by atoms with E-state index in [0.29, 0.717) is 0 Å². The minimum atomic E-state index is -3.39. The first-order valence-electron chi connectivity index (χ1n) is 3.83. The molecule has 1 rings (SSSR count). The Morgan fingerprint density at radius 3 is 2.25 bits per heavy atom. The maximum atomic E-state index is 11.1. The van der Waals surface area contributed by atoms with Gasteiger partial charge < -0.3 is 5.11 Å². The predicted molar refractivity (Wildman–Crippen MR) is 47.8 cm³/mol. The number of halogens is 1. The van der Waals surface area contributed by atoms with E-state index in [-0.39, 0.29) is 5.92 Å². The van der Waals surface area contributed by atoms with Gasteiger partial charge in [0.2, 0.25) is 0 Å². The van der Waals surface area contributed by atoms with Crippen LogP contribution in [0.25, 0.3) is 0 Å². The molecule has 0 aliphatic heterocycles. The van der Waals surface area contributed by atoms with Crippen LogP contribution in [0.15, 0.2) is 0 Å². The molecule has 0 spiro atoms. The summed E-state index contributed by atoms with van der Waals surface area (Å²) in [4.78, 5) is 0. The second-order valence-electron chi connectivity index (χ2n) is 3.54. The van der Waals surface area contributed by atoms with Crippen molar-refractivity contribution < 1.29 is 13.5 Å². The maximum absolute atomic E-state index is 11.1. The fourth-order valence-electron chi connectivity index (χ4n) is 1.05. The molecule has 0 bridgehead atoms. The average molecular weight is 213 g/mol. The Balaban J connectivity index is 2.83. The normalized spacial score (nSPS) is 26.3. The second-order valence-corrected chi connectivity index (χ2v) is 6.94. The fourth-order valence-corrected chi connectivity index (χ4v) is 1.86. The van der Waals surface area contributed by atoms with Crippen molar-refractivity contribution in [3.05, 3.63) is 0 Å². The quantitative estimate of drug-likeness (QED) is 0.703. The van der Waals surface area contributed by atoms with Gasteiger partial charge >= 0.3 is 0 Å². The van der Waals surface area contributed by atoms with Gasteiger partial charge in [-0.1, -0.05) is 11.6 Å². The summed E-state index contributed by atoms with van der Waals surface area (Å²) in [6, 6.07) is 0. The summed E-state index contributed by atoms with van der Waals surface area (Å²) in [5.74, 6) is 0.0715. The lowest BCUT2D eigenvalue weighted by molar-refractivity contribution is 0.137. The zero-order chi connectivity index (χ0) is 9.57. The highest BCUT2D eigenvalue weighted by Gasteiger charge is 2.48. The third kappa shape index (κ3) is 1.75. The van der Waals surface area contributed by atoms with Crippen LogP contribution in [0.4, 0.5) is 0 Å². The number of aliphatic hydroxyl groups is 1. The lowest BCUT2D eigenvalue weighted by atomic mass is 10.2. The number of aliphatic hydroxyl groups excluding tert-OH is 1. The van der Waals surface area contributed by atoms with E-state index in [1.54, 1.807) is 0 Å². The van der Waals surface area contributed by atoms with Crippen molar-refractivity contribution in [2.75, 3.05) is 6.26 Å². The molecular weight excluding hydrogens is 200 g/mol. The Morgan fingerprint density at radius 1 is 1.58 bits per heavy atom. The van der Waals surface area contributed by atoms with Crippen LogP contribution in [0.1, 0.15) is 19.8 Å². The second kappa shape index (κ2) is 2.86. The Labute approximate surface area is 77.6 Å². The molecule has 12 heavy (non-hydrogen) atoms. The molecule has 5 heteroatoms. The van der Waals surface area contributed by atoms with Gasteiger partial charge in [-0.25, -0.2) is 8.42 Å². The van der Waals surface area contributed by atoms with Crippen LogP contribution in [-0.4, -0.2) is 30.1 Å². The third-order valence-electron chi connectivity index (χ3n) is 2.32. The van der Waals surface area contributed by atoms with Crippen molar-refractivity contribution >= 4 is 21.4 Å². The minimum Gasteiger partial charge on any atom is -0.390 e. The lowest BCUT2D eigenvalue weighted by Crippen LogP contribution is -2.42. The minimum absolute atomic E-state index is 0.0715. The van der Waals surface area contributed by atoms with Crippen LogP contribution in [0.3, 0.4) is 0 Å². The van der Waals surface area contributed by atoms with Gasteiger partial charge in [-0.15, -0.1) is 0 Å². The zero-order valence-electron chi connectivity index (χ0n) is 7.12. The third-order valence-corrected chi connectivity index (χ3v) is 5.08. The van der Waals surface area contributed by atoms with E-state index in [9.17, 15) is 13.5 Å². The van der Waals surface area contributed by atoms with Crippen LogP contribution in [0.5, 0.6) is 0 Å². The van der Waals surface area contributed by atoms with Crippen LogP contribution >= 0.6 is 11.6 Å². The SMILES string of the molecule is CC(Cl)(C(O)C1CC1)S(C)(=O)=O. The molecule has 1 fully saturated rings. The molecule has 72 valence electrons. The highest BCUT2D eigenvalue weighted by atomic mass is 35.5. The van der Waals surface area contributed by atoms with E-state index < -0.39 is 20.1 Å². The van der Waals surface area contributed by atoms with Crippen molar-refractivity contribution in [3.8, 4) is 0 Å². The van der Waals surface area contributed by atoms with E-state index in [2.05, 4.69) is 0 Å². The van der Waals surface area contributed by atoms with Gasteiger partial charge in [0.1, 0.15) is 0 Å². The molecule has 3 nitrogen and oxygen atoms in total. The number of rotatable bonds is 3. The van der Waals surface area contributed by atoms with E-state index in [1.807, 2.05) is 0 Å². The average Bonchev–Trinajstić information content (AvgIpc) is 2.64. The van der Waals surface area contributed by atoms with E-state index >= 15 is 0 Å². The lowest BCUT2D eigenvalue weighted by Gasteiger charge is -2.25. The Kier molecular flexibility index (Phi) is 2.45. The van der Waals surface area contributed by atoms with Gasteiger partial charge in [0.15, 0.2) is 14.0 Å². The topological polar surface area (TPSA) is 54.4 Å². The molecule has 1 aliphatic carbocycles. The van der Waals surface area contributed by atoms with Crippen LogP contribution in [0.2, 0.25) is 0 Å². The molecule has 1 aliphatic rings. The first-order chi connectivity index (χ1) is 5.27. The molecule has 0 radical (unpaired) electrons. The molecule has 0 heterocycles. The summed E-state index contributed by atoms with van der Waals surface area (Å²) in [6.07, 6.45) is 1.86. The molecule has 0 aromatic rings. The first kappa shape index (κ1) is 10.3. The van der Waals surface area contributed by atoms with Gasteiger partial charge in [0, 0.05) is 6.26 Å². The predicted octanol–water partition coefficient (Wildman–Crippen LogP) is 0.757. The molecule has 0 amide bonds. The fraction of sp³-hybridized carbons (Fsp3) is 1.00. The summed E-state index contributed by atoms with van der Waals surface area (Å²) in [5.41, 5.74) is 0. The molecule has 1 saturated carbocycles. The number of alkyl halides is 1. The van der Waals surface area contributed by atoms with Crippen LogP contribution in [-0.2, 0) is 9.84 Å². The van der Waals surface area contributed by atoms with Gasteiger partial charge in [-0.3, -0.25) is 0 Å². The monoisotopic (exact) mass is 212 g/mol.